The minimum absolute atomic E-state index is 0.500. The zero-order valence-corrected chi connectivity index (χ0v) is 7.56. The Morgan fingerprint density at radius 1 is 1.60 bits per heavy atom. The fraction of sp³-hybridized carbons (Fsp3) is 0.125. The Morgan fingerprint density at radius 2 is 2.20 bits per heavy atom. The molecule has 0 radical (unpaired) electrons. The maximum Gasteiger partial charge on any atom is 0.336 e. The van der Waals surface area contributed by atoms with Crippen LogP contribution in [0.5, 0.6) is 5.75 Å². The summed E-state index contributed by atoms with van der Waals surface area (Å²) >= 11 is 0. The summed E-state index contributed by atoms with van der Waals surface area (Å²) in [5.41, 5.74) is -1.21. The average molecular weight is 215 g/mol. The number of carboxylic acids is 1. The van der Waals surface area contributed by atoms with Crippen LogP contribution < -0.4 is 4.74 Å². The van der Waals surface area contributed by atoms with Crippen molar-refractivity contribution in [3.8, 4) is 5.75 Å². The number of carbonyl (C=O) groups is 1. The summed E-state index contributed by atoms with van der Waals surface area (Å²) in [4.78, 5) is 20.1. The lowest BCUT2D eigenvalue weighted by molar-refractivity contribution is -0.386. The summed E-state index contributed by atoms with van der Waals surface area (Å²) in [6.07, 6.45) is 0. The first-order valence-electron chi connectivity index (χ1n) is 3.72. The second-order valence-corrected chi connectivity index (χ2v) is 2.57. The van der Waals surface area contributed by atoms with Gasteiger partial charge in [-0.3, -0.25) is 10.1 Å². The molecule has 80 valence electrons. The molecule has 6 nitrogen and oxygen atoms in total. The topological polar surface area (TPSA) is 89.7 Å². The van der Waals surface area contributed by atoms with Gasteiger partial charge in [-0.1, -0.05) is 0 Å². The minimum atomic E-state index is -1.44. The van der Waals surface area contributed by atoms with Crippen molar-refractivity contribution in [1.29, 1.82) is 0 Å². The van der Waals surface area contributed by atoms with E-state index in [0.29, 0.717) is 6.07 Å². The zero-order valence-electron chi connectivity index (χ0n) is 7.56. The summed E-state index contributed by atoms with van der Waals surface area (Å²) in [6, 6.07) is 1.40. The third-order valence-electron chi connectivity index (χ3n) is 1.67. The molecule has 7 heteroatoms. The van der Waals surface area contributed by atoms with Gasteiger partial charge in [-0.15, -0.1) is 0 Å². The van der Waals surface area contributed by atoms with E-state index in [2.05, 4.69) is 4.74 Å². The number of nitrogens with zero attached hydrogens (tertiary/aromatic N) is 1. The molecule has 0 bridgehead atoms. The van der Waals surface area contributed by atoms with Crippen molar-refractivity contribution < 1.29 is 24.0 Å². The van der Waals surface area contributed by atoms with E-state index >= 15 is 0 Å². The van der Waals surface area contributed by atoms with E-state index in [-0.39, 0.29) is 0 Å². The van der Waals surface area contributed by atoms with Crippen molar-refractivity contribution in [2.75, 3.05) is 7.11 Å². The van der Waals surface area contributed by atoms with Crippen molar-refractivity contribution in [3.63, 3.8) is 0 Å². The van der Waals surface area contributed by atoms with Crippen molar-refractivity contribution in [2.24, 2.45) is 0 Å². The molecular weight excluding hydrogens is 209 g/mol. The number of hydrogen-bond donors (Lipinski definition) is 1. The highest BCUT2D eigenvalue weighted by molar-refractivity contribution is 5.89. The summed E-state index contributed by atoms with van der Waals surface area (Å²) in [7, 11) is 1.06. The molecule has 0 amide bonds. The van der Waals surface area contributed by atoms with Gasteiger partial charge in [-0.25, -0.2) is 9.18 Å². The molecule has 0 heterocycles. The SMILES string of the molecule is COc1c(F)cc(C(=O)O)cc1[N+](=O)[O-]. The number of nitro benzene ring substituents is 1. The Balaban J connectivity index is 3.45. The highest BCUT2D eigenvalue weighted by Gasteiger charge is 2.22. The van der Waals surface area contributed by atoms with Crippen LogP contribution in [0.25, 0.3) is 0 Å². The molecule has 0 aromatic heterocycles. The van der Waals surface area contributed by atoms with Crippen LogP contribution in [-0.2, 0) is 0 Å². The standard InChI is InChI=1S/C8H6FNO5/c1-15-7-5(9)2-4(8(11)12)3-6(7)10(13)14/h2-3H,1H3,(H,11,12). The summed E-state index contributed by atoms with van der Waals surface area (Å²) < 4.78 is 17.6. The van der Waals surface area contributed by atoms with Crippen LogP contribution in [0.3, 0.4) is 0 Å². The number of nitro groups is 1. The predicted octanol–water partition coefficient (Wildman–Crippen LogP) is 1.44. The Kier molecular flexibility index (Phi) is 2.84. The normalized spacial score (nSPS) is 9.73. The van der Waals surface area contributed by atoms with Gasteiger partial charge in [0.25, 0.3) is 0 Å². The number of hydrogen-bond acceptors (Lipinski definition) is 4. The van der Waals surface area contributed by atoms with Gasteiger partial charge >= 0.3 is 11.7 Å². The monoisotopic (exact) mass is 215 g/mol. The molecule has 0 fully saturated rings. The van der Waals surface area contributed by atoms with Gasteiger partial charge in [0.1, 0.15) is 0 Å². The lowest BCUT2D eigenvalue weighted by Crippen LogP contribution is -2.02. The molecule has 15 heavy (non-hydrogen) atoms. The van der Waals surface area contributed by atoms with Crippen LogP contribution in [0.1, 0.15) is 10.4 Å². The number of rotatable bonds is 3. The molecule has 0 saturated heterocycles. The van der Waals surface area contributed by atoms with Crippen molar-refractivity contribution >= 4 is 11.7 Å². The molecule has 1 rings (SSSR count). The second kappa shape index (κ2) is 3.91. The van der Waals surface area contributed by atoms with E-state index in [9.17, 15) is 19.3 Å². The molecule has 1 N–H and O–H groups in total. The van der Waals surface area contributed by atoms with Gasteiger partial charge in [-0.2, -0.15) is 0 Å². The first-order chi connectivity index (χ1) is 6.97. The van der Waals surface area contributed by atoms with E-state index in [0.717, 1.165) is 13.2 Å². The van der Waals surface area contributed by atoms with Crippen LogP contribution in [-0.4, -0.2) is 23.1 Å². The van der Waals surface area contributed by atoms with E-state index in [1.807, 2.05) is 0 Å². The van der Waals surface area contributed by atoms with Crippen LogP contribution >= 0.6 is 0 Å². The van der Waals surface area contributed by atoms with E-state index < -0.39 is 33.7 Å². The molecule has 0 atom stereocenters. The predicted molar refractivity (Wildman–Crippen MR) is 46.6 cm³/mol. The average Bonchev–Trinajstić information content (AvgIpc) is 2.16. The maximum atomic E-state index is 13.1. The Labute approximate surface area is 83.0 Å². The molecular formula is C8H6FNO5. The van der Waals surface area contributed by atoms with Crippen LogP contribution in [0.15, 0.2) is 12.1 Å². The number of halogens is 1. The van der Waals surface area contributed by atoms with Gasteiger partial charge in [0.15, 0.2) is 5.82 Å². The molecule has 0 spiro atoms. The summed E-state index contributed by atoms with van der Waals surface area (Å²) in [5.74, 6) is -3.10. The number of aromatic carboxylic acids is 1. The fourth-order valence-corrected chi connectivity index (χ4v) is 1.04. The van der Waals surface area contributed by atoms with Gasteiger partial charge in [0, 0.05) is 6.07 Å². The van der Waals surface area contributed by atoms with Crippen molar-refractivity contribution in [1.82, 2.24) is 0 Å². The molecule has 0 saturated carbocycles. The lowest BCUT2D eigenvalue weighted by Gasteiger charge is -2.03. The fourth-order valence-electron chi connectivity index (χ4n) is 1.04. The van der Waals surface area contributed by atoms with Crippen molar-refractivity contribution in [3.05, 3.63) is 33.6 Å². The second-order valence-electron chi connectivity index (χ2n) is 2.57. The number of ether oxygens (including phenoxy) is 1. The minimum Gasteiger partial charge on any atom is -0.488 e. The van der Waals surface area contributed by atoms with Gasteiger partial charge in [0.2, 0.25) is 5.75 Å². The summed E-state index contributed by atoms with van der Waals surface area (Å²) in [5, 5.41) is 19.0. The highest BCUT2D eigenvalue weighted by atomic mass is 19.1. The van der Waals surface area contributed by atoms with Crippen LogP contribution in [0.2, 0.25) is 0 Å². The number of benzene rings is 1. The number of methoxy groups -OCH3 is 1. The first kappa shape index (κ1) is 10.9. The molecule has 0 aliphatic heterocycles. The van der Waals surface area contributed by atoms with E-state index in [4.69, 9.17) is 5.11 Å². The molecule has 1 aromatic rings. The molecule has 0 unspecified atom stereocenters. The Morgan fingerprint density at radius 3 is 2.60 bits per heavy atom. The van der Waals surface area contributed by atoms with Gasteiger partial charge in [-0.05, 0) is 6.07 Å². The lowest BCUT2D eigenvalue weighted by atomic mass is 10.2. The smallest absolute Gasteiger partial charge is 0.336 e. The maximum absolute atomic E-state index is 13.1. The highest BCUT2D eigenvalue weighted by Crippen LogP contribution is 2.30. The van der Waals surface area contributed by atoms with Gasteiger partial charge < -0.3 is 9.84 Å². The number of carboxylic acid groups (broad SMARTS) is 1. The third-order valence-corrected chi connectivity index (χ3v) is 1.67. The largest absolute Gasteiger partial charge is 0.488 e. The summed E-state index contributed by atoms with van der Waals surface area (Å²) in [6.45, 7) is 0. The molecule has 0 aliphatic rings. The third kappa shape index (κ3) is 2.01. The zero-order chi connectivity index (χ0) is 11.6. The van der Waals surface area contributed by atoms with Crippen LogP contribution in [0, 0.1) is 15.9 Å². The van der Waals surface area contributed by atoms with E-state index in [1.165, 1.54) is 0 Å². The van der Waals surface area contributed by atoms with Crippen LogP contribution in [0.4, 0.5) is 10.1 Å². The molecule has 0 aliphatic carbocycles. The van der Waals surface area contributed by atoms with Crippen molar-refractivity contribution in [2.45, 2.75) is 0 Å². The first-order valence-corrected chi connectivity index (χ1v) is 3.72. The Hall–Kier alpha value is -2.18. The van der Waals surface area contributed by atoms with Gasteiger partial charge in [0.05, 0.1) is 17.6 Å². The van der Waals surface area contributed by atoms with E-state index in [1.54, 1.807) is 0 Å². The quantitative estimate of drug-likeness (QED) is 0.608. The molecule has 1 aromatic carbocycles. The Bertz CT molecular complexity index is 431.